The SMILES string of the molecule is CCC(C(O)O)C1CC2C3N(C)c4ccccc4C34CC(C1C4O)N2CC(O)CN(CC)CC. The van der Waals surface area contributed by atoms with Gasteiger partial charge in [0.2, 0.25) is 0 Å². The average Bonchev–Trinajstić information content (AvgIpc) is 3.19. The van der Waals surface area contributed by atoms with Crippen LogP contribution in [-0.4, -0.2) is 100 Å². The van der Waals surface area contributed by atoms with E-state index >= 15 is 0 Å². The van der Waals surface area contributed by atoms with E-state index < -0.39 is 18.5 Å². The lowest BCUT2D eigenvalue weighted by Gasteiger charge is -2.56. The van der Waals surface area contributed by atoms with E-state index in [0.717, 1.165) is 25.9 Å². The van der Waals surface area contributed by atoms with E-state index in [9.17, 15) is 20.4 Å². The minimum absolute atomic E-state index is 0.0341. The van der Waals surface area contributed by atoms with Crippen molar-refractivity contribution in [2.45, 2.75) is 82.1 Å². The smallest absolute Gasteiger partial charge is 0.154 e. The molecule has 3 fully saturated rings. The van der Waals surface area contributed by atoms with Crippen molar-refractivity contribution in [3.8, 4) is 0 Å². The number of piperidine rings is 2. The second-order valence-electron chi connectivity index (χ2n) is 11.2. The van der Waals surface area contributed by atoms with Crippen molar-refractivity contribution in [2.24, 2.45) is 17.8 Å². The van der Waals surface area contributed by atoms with Gasteiger partial charge < -0.3 is 30.2 Å². The molecule has 1 spiro atoms. The van der Waals surface area contributed by atoms with Gasteiger partial charge in [0.15, 0.2) is 6.29 Å². The Bertz CT molecular complexity index is 879. The molecule has 3 aliphatic heterocycles. The molecule has 7 nitrogen and oxygen atoms in total. The Kier molecular flexibility index (Phi) is 6.49. The molecule has 1 aromatic carbocycles. The number of aliphatic hydroxyl groups excluding tert-OH is 3. The molecule has 0 radical (unpaired) electrons. The first-order valence-corrected chi connectivity index (χ1v) is 13.3. The molecule has 9 atom stereocenters. The van der Waals surface area contributed by atoms with Gasteiger partial charge in [0.25, 0.3) is 0 Å². The van der Waals surface area contributed by atoms with Gasteiger partial charge >= 0.3 is 0 Å². The summed E-state index contributed by atoms with van der Waals surface area (Å²) in [4.78, 5) is 7.12. The van der Waals surface area contributed by atoms with E-state index in [4.69, 9.17) is 0 Å². The number of fused-ring (bicyclic) bond motifs is 3. The van der Waals surface area contributed by atoms with E-state index in [1.165, 1.54) is 11.3 Å². The predicted molar refractivity (Wildman–Crippen MR) is 133 cm³/mol. The van der Waals surface area contributed by atoms with Crippen LogP contribution in [0.4, 0.5) is 5.69 Å². The number of likely N-dealkylation sites (N-methyl/N-ethyl adjacent to an activating group) is 2. The van der Waals surface area contributed by atoms with Gasteiger partial charge in [-0.15, -0.1) is 0 Å². The normalized spacial score (nSPS) is 38.0. The Balaban J connectivity index is 1.55. The third-order valence-corrected chi connectivity index (χ3v) is 10.0. The van der Waals surface area contributed by atoms with Crippen LogP contribution in [-0.2, 0) is 5.41 Å². The summed E-state index contributed by atoms with van der Waals surface area (Å²) in [6.07, 6.45) is -0.0154. The number of nitrogens with zero attached hydrogens (tertiary/aromatic N) is 3. The maximum absolute atomic E-state index is 12.1. The molecule has 1 aromatic rings. The predicted octanol–water partition coefficient (Wildman–Crippen LogP) is 1.24. The molecule has 34 heavy (non-hydrogen) atoms. The molecule has 0 amide bonds. The highest BCUT2D eigenvalue weighted by Crippen LogP contribution is 2.66. The monoisotopic (exact) mass is 473 g/mol. The number of rotatable bonds is 9. The molecule has 0 aromatic heterocycles. The highest BCUT2D eigenvalue weighted by molar-refractivity contribution is 5.67. The summed E-state index contributed by atoms with van der Waals surface area (Å²) in [7, 11) is 2.15. The Morgan fingerprint density at radius 3 is 2.44 bits per heavy atom. The Labute approximate surface area is 204 Å². The number of aliphatic hydroxyl groups is 4. The number of hydrogen-bond acceptors (Lipinski definition) is 7. The largest absolute Gasteiger partial charge is 0.392 e. The molecule has 3 heterocycles. The molecule has 2 saturated heterocycles. The summed E-state index contributed by atoms with van der Waals surface area (Å²) in [6, 6.07) is 8.90. The number of anilines is 1. The van der Waals surface area contributed by atoms with Crippen molar-refractivity contribution in [3.05, 3.63) is 29.8 Å². The number of para-hydroxylation sites is 1. The Hall–Kier alpha value is -1.22. The van der Waals surface area contributed by atoms with Crippen LogP contribution in [0.15, 0.2) is 24.3 Å². The molecule has 190 valence electrons. The summed E-state index contributed by atoms with van der Waals surface area (Å²) in [6.45, 7) is 9.35. The third kappa shape index (κ3) is 3.31. The molecular weight excluding hydrogens is 430 g/mol. The van der Waals surface area contributed by atoms with Crippen molar-refractivity contribution in [1.29, 1.82) is 0 Å². The molecule has 9 unspecified atom stereocenters. The molecule has 1 aliphatic carbocycles. The van der Waals surface area contributed by atoms with E-state index in [1.54, 1.807) is 0 Å². The average molecular weight is 474 g/mol. The first-order valence-electron chi connectivity index (χ1n) is 13.3. The highest BCUT2D eigenvalue weighted by atomic mass is 16.5. The van der Waals surface area contributed by atoms with Crippen LogP contribution in [0.2, 0.25) is 0 Å². The lowest BCUT2D eigenvalue weighted by Crippen LogP contribution is -2.67. The molecule has 7 heteroatoms. The fourth-order valence-corrected chi connectivity index (χ4v) is 8.68. The van der Waals surface area contributed by atoms with Crippen molar-refractivity contribution in [2.75, 3.05) is 38.1 Å². The zero-order valence-corrected chi connectivity index (χ0v) is 21.1. The van der Waals surface area contributed by atoms with Gasteiger partial charge in [-0.2, -0.15) is 0 Å². The van der Waals surface area contributed by atoms with Crippen LogP contribution in [0.3, 0.4) is 0 Å². The standard InChI is InChI=1S/C27H43N3O4/c1-5-17(26(33)34)18-12-21-24-27(19-10-8-9-11-20(19)28(24)4)13-22(23(18)25(27)32)30(21)15-16(31)14-29(6-2)7-3/h8-11,16-18,21-26,31-34H,5-7,12-15H2,1-4H3. The summed E-state index contributed by atoms with van der Waals surface area (Å²) in [5.74, 6) is -0.230. The summed E-state index contributed by atoms with van der Waals surface area (Å²) in [5, 5.41) is 43.7. The van der Waals surface area contributed by atoms with Gasteiger partial charge in [-0.25, -0.2) is 0 Å². The van der Waals surface area contributed by atoms with Gasteiger partial charge in [-0.1, -0.05) is 39.0 Å². The molecule has 1 saturated carbocycles. The minimum atomic E-state index is -1.37. The molecule has 4 N–H and O–H groups in total. The minimum Gasteiger partial charge on any atom is -0.392 e. The van der Waals surface area contributed by atoms with Gasteiger partial charge in [0.1, 0.15) is 0 Å². The van der Waals surface area contributed by atoms with Crippen molar-refractivity contribution in [3.63, 3.8) is 0 Å². The Morgan fingerprint density at radius 2 is 1.79 bits per heavy atom. The van der Waals surface area contributed by atoms with E-state index in [1.807, 2.05) is 6.92 Å². The van der Waals surface area contributed by atoms with Crippen LogP contribution >= 0.6 is 0 Å². The van der Waals surface area contributed by atoms with Gasteiger partial charge in [-0.3, -0.25) is 4.90 Å². The number of benzene rings is 1. The fraction of sp³-hybridized carbons (Fsp3) is 0.778. The first kappa shape index (κ1) is 24.5. The van der Waals surface area contributed by atoms with Crippen LogP contribution in [0.1, 0.15) is 45.6 Å². The quantitative estimate of drug-likeness (QED) is 0.401. The van der Waals surface area contributed by atoms with Gasteiger partial charge in [0.05, 0.1) is 18.2 Å². The zero-order valence-electron chi connectivity index (χ0n) is 21.1. The van der Waals surface area contributed by atoms with Crippen LogP contribution < -0.4 is 4.90 Å². The van der Waals surface area contributed by atoms with E-state index in [2.05, 4.69) is 59.9 Å². The maximum atomic E-state index is 12.1. The van der Waals surface area contributed by atoms with Gasteiger partial charge in [0, 0.05) is 55.2 Å². The lowest BCUT2D eigenvalue weighted by molar-refractivity contribution is -0.137. The third-order valence-electron chi connectivity index (χ3n) is 10.0. The molecule has 3 bridgehead atoms. The first-order chi connectivity index (χ1) is 16.3. The second kappa shape index (κ2) is 9.02. The van der Waals surface area contributed by atoms with Crippen LogP contribution in [0, 0.1) is 17.8 Å². The summed E-state index contributed by atoms with van der Waals surface area (Å²) >= 11 is 0. The topological polar surface area (TPSA) is 90.6 Å². The molecular formula is C27H43N3O4. The molecule has 4 aliphatic rings. The van der Waals surface area contributed by atoms with Gasteiger partial charge in [-0.05, 0) is 49.9 Å². The van der Waals surface area contributed by atoms with E-state index in [0.29, 0.717) is 19.5 Å². The number of hydrogen-bond donors (Lipinski definition) is 4. The lowest BCUT2D eigenvalue weighted by atomic mass is 9.66. The zero-order chi connectivity index (χ0) is 24.4. The Morgan fingerprint density at radius 1 is 1.09 bits per heavy atom. The summed E-state index contributed by atoms with van der Waals surface area (Å²) in [5.41, 5.74) is 2.11. The maximum Gasteiger partial charge on any atom is 0.154 e. The van der Waals surface area contributed by atoms with Crippen molar-refractivity contribution >= 4 is 5.69 Å². The van der Waals surface area contributed by atoms with Crippen molar-refractivity contribution in [1.82, 2.24) is 9.80 Å². The highest BCUT2D eigenvalue weighted by Gasteiger charge is 2.73. The summed E-state index contributed by atoms with van der Waals surface area (Å²) < 4.78 is 0. The van der Waals surface area contributed by atoms with Crippen LogP contribution in [0.5, 0.6) is 0 Å². The van der Waals surface area contributed by atoms with Crippen molar-refractivity contribution < 1.29 is 20.4 Å². The molecule has 5 rings (SSSR count). The van der Waals surface area contributed by atoms with Crippen LogP contribution in [0.25, 0.3) is 0 Å². The fourth-order valence-electron chi connectivity index (χ4n) is 8.68. The second-order valence-corrected chi connectivity index (χ2v) is 11.2. The van der Waals surface area contributed by atoms with E-state index in [-0.39, 0.29) is 41.3 Å².